The number of fused-ring (bicyclic) bond motifs is 1. The molecule has 5 rings (SSSR count). The fourth-order valence-electron chi connectivity index (χ4n) is 4.70. The molecule has 3 aromatic carbocycles. The zero-order valence-electron chi connectivity index (χ0n) is 17.4. The van der Waals surface area contributed by atoms with Crippen molar-refractivity contribution in [2.24, 2.45) is 0 Å². The number of hydrogen-bond donors (Lipinski definition) is 2. The molecule has 3 aromatic rings. The summed E-state index contributed by atoms with van der Waals surface area (Å²) in [6.07, 6.45) is -3.82. The van der Waals surface area contributed by atoms with Crippen molar-refractivity contribution in [3.63, 3.8) is 0 Å². The molecule has 0 amide bonds. The minimum atomic E-state index is -4.54. The average molecular weight is 469 g/mol. The van der Waals surface area contributed by atoms with E-state index in [1.54, 1.807) is 24.3 Å². The summed E-state index contributed by atoms with van der Waals surface area (Å²) in [5.41, 5.74) is 2.62. The Morgan fingerprint density at radius 1 is 0.848 bits per heavy atom. The molecule has 2 aliphatic rings. The van der Waals surface area contributed by atoms with Gasteiger partial charge in [0.1, 0.15) is 0 Å². The highest BCUT2D eigenvalue weighted by Gasteiger charge is 2.40. The van der Waals surface area contributed by atoms with Crippen LogP contribution in [0.15, 0.2) is 84.1 Å². The number of anilines is 2. The summed E-state index contributed by atoms with van der Waals surface area (Å²) in [6.45, 7) is 0. The summed E-state index contributed by atoms with van der Waals surface area (Å²) in [5, 5.41) is 7.18. The molecular formula is C26H20ClF3N2O. The minimum Gasteiger partial charge on any atom is -0.372 e. The van der Waals surface area contributed by atoms with E-state index in [4.69, 9.17) is 11.6 Å². The summed E-state index contributed by atoms with van der Waals surface area (Å²) in [4.78, 5) is 13.5. The van der Waals surface area contributed by atoms with Gasteiger partial charge in [0.2, 0.25) is 0 Å². The second kappa shape index (κ2) is 8.27. The van der Waals surface area contributed by atoms with Gasteiger partial charge in [0.05, 0.1) is 23.0 Å². The molecule has 1 heterocycles. The molecule has 0 saturated carbocycles. The topological polar surface area (TPSA) is 41.1 Å². The van der Waals surface area contributed by atoms with Crippen molar-refractivity contribution in [1.29, 1.82) is 0 Å². The van der Waals surface area contributed by atoms with E-state index in [1.165, 1.54) is 12.1 Å². The van der Waals surface area contributed by atoms with Crippen molar-refractivity contribution >= 4 is 28.8 Å². The molecule has 0 saturated heterocycles. The van der Waals surface area contributed by atoms with E-state index in [0.29, 0.717) is 28.4 Å². The van der Waals surface area contributed by atoms with E-state index in [0.717, 1.165) is 17.3 Å². The van der Waals surface area contributed by atoms with Crippen molar-refractivity contribution in [3.05, 3.63) is 106 Å². The standard InChI is InChI=1S/C26H20ClF3N2O/c27-17-11-9-15(10-12-17)16-13-22-24(23(33)14-16)25(32-21-8-4-3-7-20(21)31-22)18-5-1-2-6-19(18)26(28,29)30/h1-12,16,25,31-32H,13-14H2/t16-,25+/m1/s1. The van der Waals surface area contributed by atoms with Crippen LogP contribution in [0.2, 0.25) is 5.02 Å². The maximum absolute atomic E-state index is 13.9. The molecule has 0 radical (unpaired) electrons. The number of para-hydroxylation sites is 2. The maximum Gasteiger partial charge on any atom is 0.416 e. The maximum atomic E-state index is 13.9. The van der Waals surface area contributed by atoms with E-state index in [1.807, 2.05) is 30.3 Å². The van der Waals surface area contributed by atoms with Gasteiger partial charge >= 0.3 is 6.18 Å². The fourth-order valence-corrected chi connectivity index (χ4v) is 4.83. The third kappa shape index (κ3) is 4.11. The highest BCUT2D eigenvalue weighted by molar-refractivity contribution is 6.30. The van der Waals surface area contributed by atoms with Gasteiger partial charge < -0.3 is 10.6 Å². The lowest BCUT2D eigenvalue weighted by Crippen LogP contribution is -2.28. The van der Waals surface area contributed by atoms with Crippen molar-refractivity contribution in [3.8, 4) is 0 Å². The van der Waals surface area contributed by atoms with Gasteiger partial charge in [0.15, 0.2) is 5.78 Å². The molecule has 0 unspecified atom stereocenters. The largest absolute Gasteiger partial charge is 0.416 e. The van der Waals surface area contributed by atoms with Gasteiger partial charge in [-0.1, -0.05) is 54.1 Å². The van der Waals surface area contributed by atoms with Crippen LogP contribution < -0.4 is 10.6 Å². The van der Waals surface area contributed by atoms with Crippen molar-refractivity contribution in [2.45, 2.75) is 31.0 Å². The van der Waals surface area contributed by atoms with E-state index in [9.17, 15) is 18.0 Å². The highest BCUT2D eigenvalue weighted by atomic mass is 35.5. The molecule has 168 valence electrons. The predicted molar refractivity (Wildman–Crippen MR) is 123 cm³/mol. The first-order valence-electron chi connectivity index (χ1n) is 10.6. The second-order valence-corrected chi connectivity index (χ2v) is 8.74. The Bertz CT molecular complexity index is 1250. The Hall–Kier alpha value is -3.25. The van der Waals surface area contributed by atoms with Gasteiger partial charge in [0.25, 0.3) is 0 Å². The van der Waals surface area contributed by atoms with E-state index in [-0.39, 0.29) is 23.7 Å². The lowest BCUT2D eigenvalue weighted by atomic mass is 9.78. The number of alkyl halides is 3. The molecule has 3 nitrogen and oxygen atoms in total. The molecule has 2 atom stereocenters. The van der Waals surface area contributed by atoms with Crippen LogP contribution in [0.5, 0.6) is 0 Å². The van der Waals surface area contributed by atoms with Crippen LogP contribution >= 0.6 is 11.6 Å². The zero-order chi connectivity index (χ0) is 23.2. The first kappa shape index (κ1) is 21.6. The Morgan fingerprint density at radius 2 is 1.52 bits per heavy atom. The zero-order valence-corrected chi connectivity index (χ0v) is 18.2. The van der Waals surface area contributed by atoms with E-state index < -0.39 is 17.8 Å². The van der Waals surface area contributed by atoms with Gasteiger partial charge in [-0.05, 0) is 53.8 Å². The lowest BCUT2D eigenvalue weighted by Gasteiger charge is -2.31. The lowest BCUT2D eigenvalue weighted by molar-refractivity contribution is -0.138. The number of halogens is 4. The van der Waals surface area contributed by atoms with Crippen LogP contribution in [-0.2, 0) is 11.0 Å². The molecule has 0 spiro atoms. The number of carbonyl (C=O) groups is 1. The third-order valence-corrected chi connectivity index (χ3v) is 6.48. The van der Waals surface area contributed by atoms with E-state index in [2.05, 4.69) is 10.6 Å². The van der Waals surface area contributed by atoms with Gasteiger partial charge in [-0.2, -0.15) is 13.2 Å². The SMILES string of the molecule is O=C1C[C@H](c2ccc(Cl)cc2)CC2=C1[C@H](c1ccccc1C(F)(F)F)Nc1ccccc1N2. The Labute approximate surface area is 194 Å². The molecular weight excluding hydrogens is 449 g/mol. The summed E-state index contributed by atoms with van der Waals surface area (Å²) in [5.74, 6) is -0.268. The highest BCUT2D eigenvalue weighted by Crippen LogP contribution is 2.46. The smallest absolute Gasteiger partial charge is 0.372 e. The number of carbonyl (C=O) groups excluding carboxylic acids is 1. The predicted octanol–water partition coefficient (Wildman–Crippen LogP) is 7.34. The second-order valence-electron chi connectivity index (χ2n) is 8.31. The van der Waals surface area contributed by atoms with Crippen molar-refractivity contribution in [1.82, 2.24) is 0 Å². The number of hydrogen-bond acceptors (Lipinski definition) is 3. The van der Waals surface area contributed by atoms with Gasteiger partial charge in [-0.25, -0.2) is 0 Å². The quantitative estimate of drug-likeness (QED) is 0.413. The normalized spacial score (nSPS) is 20.3. The average Bonchev–Trinajstić information content (AvgIpc) is 2.96. The Balaban J connectivity index is 1.65. The number of Topliss-reactive ketones (excluding diaryl/α,β-unsaturated/α-hetero) is 1. The molecule has 0 bridgehead atoms. The van der Waals surface area contributed by atoms with Gasteiger partial charge in [0, 0.05) is 22.7 Å². The van der Waals surface area contributed by atoms with Gasteiger partial charge in [-0.15, -0.1) is 0 Å². The number of nitrogens with one attached hydrogen (secondary N) is 2. The molecule has 0 aromatic heterocycles. The minimum absolute atomic E-state index is 0.0364. The Kier molecular flexibility index (Phi) is 5.41. The van der Waals surface area contributed by atoms with Crippen LogP contribution in [0.4, 0.5) is 24.5 Å². The van der Waals surface area contributed by atoms with Crippen molar-refractivity contribution < 1.29 is 18.0 Å². The van der Waals surface area contributed by atoms with Crippen LogP contribution in [-0.4, -0.2) is 5.78 Å². The summed E-state index contributed by atoms with van der Waals surface area (Å²) in [7, 11) is 0. The number of ketones is 1. The molecule has 1 aliphatic carbocycles. The fraction of sp³-hybridized carbons (Fsp3) is 0.192. The number of benzene rings is 3. The molecule has 7 heteroatoms. The number of rotatable bonds is 2. The summed E-state index contributed by atoms with van der Waals surface area (Å²) in [6, 6.07) is 19.2. The first-order chi connectivity index (χ1) is 15.8. The van der Waals surface area contributed by atoms with Gasteiger partial charge in [-0.3, -0.25) is 4.79 Å². The van der Waals surface area contributed by atoms with Crippen LogP contribution in [0, 0.1) is 0 Å². The number of allylic oxidation sites excluding steroid dienone is 1. The first-order valence-corrected chi connectivity index (χ1v) is 11.0. The molecule has 33 heavy (non-hydrogen) atoms. The summed E-state index contributed by atoms with van der Waals surface area (Å²) >= 11 is 6.02. The third-order valence-electron chi connectivity index (χ3n) is 6.23. The van der Waals surface area contributed by atoms with Crippen LogP contribution in [0.1, 0.15) is 41.5 Å². The van der Waals surface area contributed by atoms with E-state index >= 15 is 0 Å². The monoisotopic (exact) mass is 468 g/mol. The summed E-state index contributed by atoms with van der Waals surface area (Å²) < 4.78 is 41.6. The van der Waals surface area contributed by atoms with Crippen molar-refractivity contribution in [2.75, 3.05) is 10.6 Å². The molecule has 0 fully saturated rings. The van der Waals surface area contributed by atoms with Crippen LogP contribution in [0.3, 0.4) is 0 Å². The Morgan fingerprint density at radius 3 is 2.24 bits per heavy atom. The molecule has 1 aliphatic heterocycles. The molecule has 2 N–H and O–H groups in total. The van der Waals surface area contributed by atoms with Crippen LogP contribution in [0.25, 0.3) is 0 Å².